The van der Waals surface area contributed by atoms with Crippen LogP contribution in [0.25, 0.3) is 5.69 Å². The van der Waals surface area contributed by atoms with Crippen LogP contribution in [0.15, 0.2) is 59.2 Å². The van der Waals surface area contributed by atoms with Gasteiger partial charge in [0.05, 0.1) is 12.6 Å². The highest BCUT2D eigenvalue weighted by molar-refractivity contribution is 14.0. The number of hydrogen-bond acceptors (Lipinski definition) is 5. The van der Waals surface area contributed by atoms with Crippen molar-refractivity contribution < 1.29 is 0 Å². The average Bonchev–Trinajstić information content (AvgIpc) is 3.54. The minimum Gasteiger partial charge on any atom is -0.354 e. The zero-order valence-corrected chi connectivity index (χ0v) is 20.2. The summed E-state index contributed by atoms with van der Waals surface area (Å²) in [6.45, 7) is 3.69. The van der Waals surface area contributed by atoms with E-state index in [0.717, 1.165) is 37.1 Å². The lowest BCUT2D eigenvalue weighted by Crippen LogP contribution is -2.42. The number of thiophene rings is 1. The molecule has 2 N–H and O–H groups in total. The summed E-state index contributed by atoms with van der Waals surface area (Å²) < 4.78 is 1.99. The van der Waals surface area contributed by atoms with Crippen LogP contribution in [-0.4, -0.2) is 52.3 Å². The normalized spacial score (nSPS) is 15.6. The second kappa shape index (κ2) is 11.4. The minimum atomic E-state index is 0. The Hall–Kier alpha value is -1.98. The smallest absolute Gasteiger partial charge is 0.191 e. The fraction of sp³-hybridized carbons (Fsp3) is 0.381. The van der Waals surface area contributed by atoms with Crippen molar-refractivity contribution in [3.05, 3.63) is 64.9 Å². The second-order valence-corrected chi connectivity index (χ2v) is 8.01. The summed E-state index contributed by atoms with van der Waals surface area (Å²) in [5.74, 6) is 1.61. The van der Waals surface area contributed by atoms with E-state index in [1.165, 1.54) is 17.7 Å². The molecule has 0 saturated carbocycles. The lowest BCUT2D eigenvalue weighted by molar-refractivity contribution is 0.249. The highest BCUT2D eigenvalue weighted by atomic mass is 127. The number of aliphatic imine (C=N–C) groups is 1. The average molecular weight is 537 g/mol. The van der Waals surface area contributed by atoms with E-state index in [1.54, 1.807) is 13.4 Å². The van der Waals surface area contributed by atoms with Crippen LogP contribution < -0.4 is 10.6 Å². The molecule has 1 atom stereocenters. The van der Waals surface area contributed by atoms with Crippen molar-refractivity contribution in [1.82, 2.24) is 30.3 Å². The molecule has 7 nitrogen and oxygen atoms in total. The lowest BCUT2D eigenvalue weighted by Gasteiger charge is -2.27. The molecule has 1 unspecified atom stereocenters. The van der Waals surface area contributed by atoms with Crippen molar-refractivity contribution in [2.45, 2.75) is 25.4 Å². The molecule has 1 aromatic carbocycles. The first kappa shape index (κ1) is 22.7. The quantitative estimate of drug-likeness (QED) is 0.275. The summed E-state index contributed by atoms with van der Waals surface area (Å²) in [5.41, 5.74) is 1.05. The van der Waals surface area contributed by atoms with Gasteiger partial charge < -0.3 is 10.6 Å². The highest BCUT2D eigenvalue weighted by Crippen LogP contribution is 2.27. The molecule has 0 radical (unpaired) electrons. The lowest BCUT2D eigenvalue weighted by atomic mass is 10.2. The molecular formula is C21H28IN7S. The Bertz CT molecular complexity index is 905. The number of para-hydroxylation sites is 1. The first-order valence-corrected chi connectivity index (χ1v) is 10.9. The van der Waals surface area contributed by atoms with Crippen LogP contribution in [0.4, 0.5) is 0 Å². The fourth-order valence-electron chi connectivity index (χ4n) is 3.70. The number of hydrogen-bond donors (Lipinski definition) is 2. The Morgan fingerprint density at radius 3 is 2.63 bits per heavy atom. The number of likely N-dealkylation sites (tertiary alicyclic amines) is 1. The van der Waals surface area contributed by atoms with E-state index in [-0.39, 0.29) is 24.0 Å². The third-order valence-corrected chi connectivity index (χ3v) is 6.18. The van der Waals surface area contributed by atoms with E-state index in [2.05, 4.69) is 48.2 Å². The van der Waals surface area contributed by atoms with Gasteiger partial charge in [-0.1, -0.05) is 24.3 Å². The Balaban J connectivity index is 0.00000256. The summed E-state index contributed by atoms with van der Waals surface area (Å²) in [4.78, 5) is 8.36. The summed E-state index contributed by atoms with van der Waals surface area (Å²) >= 11 is 1.82. The van der Waals surface area contributed by atoms with Gasteiger partial charge in [-0.2, -0.15) is 0 Å². The zero-order valence-electron chi connectivity index (χ0n) is 17.1. The van der Waals surface area contributed by atoms with Crippen molar-refractivity contribution in [3.63, 3.8) is 0 Å². The molecule has 0 spiro atoms. The van der Waals surface area contributed by atoms with E-state index in [0.29, 0.717) is 12.6 Å². The first-order chi connectivity index (χ1) is 14.3. The maximum atomic E-state index is 4.39. The maximum Gasteiger partial charge on any atom is 0.191 e. The standard InChI is InChI=1S/C21H27N7S.HI/c1-22-21(23-14-18(19-10-7-13-29-19)27-11-5-6-12-27)24-15-20-26-25-16-28(20)17-8-3-2-4-9-17;/h2-4,7-10,13,16,18H,5-6,11-12,14-15H2,1H3,(H2,22,23,24);1H. The molecular weight excluding hydrogens is 509 g/mol. The molecule has 160 valence electrons. The number of halogens is 1. The van der Waals surface area contributed by atoms with Gasteiger partial charge in [-0.25, -0.2) is 0 Å². The van der Waals surface area contributed by atoms with Crippen molar-refractivity contribution in [2.24, 2.45) is 4.99 Å². The van der Waals surface area contributed by atoms with Gasteiger partial charge in [0, 0.05) is 24.2 Å². The van der Waals surface area contributed by atoms with Gasteiger partial charge in [-0.3, -0.25) is 14.5 Å². The second-order valence-electron chi connectivity index (χ2n) is 7.03. The van der Waals surface area contributed by atoms with E-state index in [4.69, 9.17) is 0 Å². The Labute approximate surface area is 198 Å². The van der Waals surface area contributed by atoms with Crippen molar-refractivity contribution in [3.8, 4) is 5.69 Å². The molecule has 3 aromatic rings. The molecule has 3 heterocycles. The summed E-state index contributed by atoms with van der Waals surface area (Å²) in [6, 6.07) is 14.8. The number of aromatic nitrogens is 3. The minimum absolute atomic E-state index is 0. The molecule has 1 saturated heterocycles. The van der Waals surface area contributed by atoms with Gasteiger partial charge in [0.15, 0.2) is 11.8 Å². The van der Waals surface area contributed by atoms with Crippen LogP contribution in [-0.2, 0) is 6.54 Å². The maximum absolute atomic E-state index is 4.39. The monoisotopic (exact) mass is 537 g/mol. The molecule has 1 aliphatic heterocycles. The molecule has 0 aliphatic carbocycles. The molecule has 4 rings (SSSR count). The summed E-state index contributed by atoms with van der Waals surface area (Å²) in [6.07, 6.45) is 4.30. The molecule has 9 heteroatoms. The van der Waals surface area contributed by atoms with Crippen LogP contribution in [0.5, 0.6) is 0 Å². The number of nitrogens with zero attached hydrogens (tertiary/aromatic N) is 5. The van der Waals surface area contributed by atoms with Crippen molar-refractivity contribution in [1.29, 1.82) is 0 Å². The van der Waals surface area contributed by atoms with Crippen molar-refractivity contribution >= 4 is 41.3 Å². The predicted octanol–water partition coefficient (Wildman–Crippen LogP) is 3.45. The van der Waals surface area contributed by atoms with Gasteiger partial charge in [0.2, 0.25) is 0 Å². The van der Waals surface area contributed by atoms with Gasteiger partial charge in [-0.05, 0) is 49.5 Å². The SMILES string of the molecule is CN=C(NCc1nncn1-c1ccccc1)NCC(c1cccs1)N1CCCC1.I. The van der Waals surface area contributed by atoms with E-state index in [1.807, 2.05) is 46.2 Å². The number of guanidine groups is 1. The molecule has 1 fully saturated rings. The number of benzene rings is 1. The zero-order chi connectivity index (χ0) is 19.9. The number of nitrogens with one attached hydrogen (secondary N) is 2. The van der Waals surface area contributed by atoms with Crippen LogP contribution in [0.1, 0.15) is 29.6 Å². The Kier molecular flexibility index (Phi) is 8.64. The van der Waals surface area contributed by atoms with Crippen LogP contribution >= 0.6 is 35.3 Å². The summed E-state index contributed by atoms with van der Waals surface area (Å²) in [5, 5.41) is 17.4. The van der Waals surface area contributed by atoms with Gasteiger partial charge in [0.1, 0.15) is 6.33 Å². The summed E-state index contributed by atoms with van der Waals surface area (Å²) in [7, 11) is 1.80. The topological polar surface area (TPSA) is 70.4 Å². The third-order valence-electron chi connectivity index (χ3n) is 5.21. The van der Waals surface area contributed by atoms with Gasteiger partial charge in [0.25, 0.3) is 0 Å². The fourth-order valence-corrected chi connectivity index (χ4v) is 4.57. The Morgan fingerprint density at radius 1 is 1.13 bits per heavy atom. The van der Waals surface area contributed by atoms with Gasteiger partial charge >= 0.3 is 0 Å². The molecule has 30 heavy (non-hydrogen) atoms. The number of rotatable bonds is 7. The van der Waals surface area contributed by atoms with Gasteiger partial charge in [-0.15, -0.1) is 45.5 Å². The molecule has 0 amide bonds. The van der Waals surface area contributed by atoms with Crippen LogP contribution in [0.2, 0.25) is 0 Å². The predicted molar refractivity (Wildman–Crippen MR) is 133 cm³/mol. The molecule has 0 bridgehead atoms. The first-order valence-electron chi connectivity index (χ1n) is 10.0. The van der Waals surface area contributed by atoms with E-state index < -0.39 is 0 Å². The van der Waals surface area contributed by atoms with E-state index >= 15 is 0 Å². The molecule has 1 aliphatic rings. The van der Waals surface area contributed by atoms with E-state index in [9.17, 15) is 0 Å². The largest absolute Gasteiger partial charge is 0.354 e. The van der Waals surface area contributed by atoms with Crippen LogP contribution in [0.3, 0.4) is 0 Å². The Morgan fingerprint density at radius 2 is 1.93 bits per heavy atom. The highest BCUT2D eigenvalue weighted by Gasteiger charge is 2.24. The van der Waals surface area contributed by atoms with Crippen molar-refractivity contribution in [2.75, 3.05) is 26.7 Å². The van der Waals surface area contributed by atoms with Crippen LogP contribution in [0, 0.1) is 0 Å². The third kappa shape index (κ3) is 5.58. The molecule has 2 aromatic heterocycles.